The molecule has 3 aromatic rings. The summed E-state index contributed by atoms with van der Waals surface area (Å²) in [5, 5.41) is 3.95. The van der Waals surface area contributed by atoms with Crippen LogP contribution >= 0.6 is 0 Å². The van der Waals surface area contributed by atoms with E-state index in [2.05, 4.69) is 27.4 Å². The van der Waals surface area contributed by atoms with Crippen molar-refractivity contribution in [1.29, 1.82) is 0 Å². The van der Waals surface area contributed by atoms with Crippen molar-refractivity contribution < 1.29 is 4.39 Å². The molecule has 0 saturated carbocycles. The molecule has 0 saturated heterocycles. The molecule has 0 fully saturated rings. The zero-order chi connectivity index (χ0) is 13.8. The first-order valence-electron chi connectivity index (χ1n) is 6.51. The number of nitrogens with zero attached hydrogens (tertiary/aromatic N) is 2. The van der Waals surface area contributed by atoms with E-state index in [1.807, 2.05) is 18.2 Å². The monoisotopic (exact) mass is 267 g/mol. The summed E-state index contributed by atoms with van der Waals surface area (Å²) in [7, 11) is 0. The zero-order valence-corrected chi connectivity index (χ0v) is 10.9. The lowest BCUT2D eigenvalue weighted by atomic mass is 10.1. The molecule has 1 heterocycles. The minimum Gasteiger partial charge on any atom is -0.369 e. The highest BCUT2D eigenvalue weighted by molar-refractivity contribution is 5.88. The second kappa shape index (κ2) is 5.65. The summed E-state index contributed by atoms with van der Waals surface area (Å²) < 4.78 is 13.3. The molecule has 20 heavy (non-hydrogen) atoms. The van der Waals surface area contributed by atoms with Crippen LogP contribution in [0.15, 0.2) is 54.9 Å². The van der Waals surface area contributed by atoms with Crippen molar-refractivity contribution in [3.63, 3.8) is 0 Å². The van der Waals surface area contributed by atoms with Crippen LogP contribution in [0.4, 0.5) is 10.2 Å². The Labute approximate surface area is 116 Å². The molecule has 3 nitrogen and oxygen atoms in total. The van der Waals surface area contributed by atoms with Crippen molar-refractivity contribution in [2.75, 3.05) is 11.9 Å². The minimum absolute atomic E-state index is 0.279. The van der Waals surface area contributed by atoms with Crippen molar-refractivity contribution in [3.05, 3.63) is 66.2 Å². The maximum Gasteiger partial charge on any atom is 0.137 e. The van der Waals surface area contributed by atoms with Crippen LogP contribution in [0.3, 0.4) is 0 Å². The predicted octanol–water partition coefficient (Wildman–Crippen LogP) is 3.42. The van der Waals surface area contributed by atoms with E-state index in [9.17, 15) is 4.39 Å². The SMILES string of the molecule is Fc1ccc2ncnc(NCCc3ccccc3)c2c1. The van der Waals surface area contributed by atoms with E-state index in [0.29, 0.717) is 11.2 Å². The topological polar surface area (TPSA) is 37.8 Å². The third-order valence-corrected chi connectivity index (χ3v) is 3.15. The summed E-state index contributed by atoms with van der Waals surface area (Å²) in [5.41, 5.74) is 1.99. The van der Waals surface area contributed by atoms with Gasteiger partial charge in [-0.25, -0.2) is 14.4 Å². The van der Waals surface area contributed by atoms with Gasteiger partial charge in [-0.2, -0.15) is 0 Å². The highest BCUT2D eigenvalue weighted by atomic mass is 19.1. The summed E-state index contributed by atoms with van der Waals surface area (Å²) >= 11 is 0. The number of hydrogen-bond acceptors (Lipinski definition) is 3. The van der Waals surface area contributed by atoms with Gasteiger partial charge in [-0.1, -0.05) is 30.3 Å². The van der Waals surface area contributed by atoms with E-state index in [0.717, 1.165) is 18.5 Å². The Kier molecular flexibility index (Phi) is 3.54. The summed E-state index contributed by atoms with van der Waals surface area (Å²) in [6.45, 7) is 0.743. The van der Waals surface area contributed by atoms with Crippen LogP contribution < -0.4 is 5.32 Å². The highest BCUT2D eigenvalue weighted by Crippen LogP contribution is 2.19. The number of nitrogens with one attached hydrogen (secondary N) is 1. The third kappa shape index (κ3) is 2.74. The van der Waals surface area contributed by atoms with Gasteiger partial charge in [0, 0.05) is 11.9 Å². The first-order valence-corrected chi connectivity index (χ1v) is 6.51. The molecule has 1 N–H and O–H groups in total. The van der Waals surface area contributed by atoms with Gasteiger partial charge in [-0.15, -0.1) is 0 Å². The molecule has 1 aromatic heterocycles. The summed E-state index contributed by atoms with van der Waals surface area (Å²) in [6.07, 6.45) is 2.38. The van der Waals surface area contributed by atoms with Crippen molar-refractivity contribution in [2.24, 2.45) is 0 Å². The van der Waals surface area contributed by atoms with E-state index in [1.165, 1.54) is 24.0 Å². The lowest BCUT2D eigenvalue weighted by Crippen LogP contribution is -2.07. The standard InChI is InChI=1S/C16H14FN3/c17-13-6-7-15-14(10-13)16(20-11-19-15)18-9-8-12-4-2-1-3-5-12/h1-7,10-11H,8-9H2,(H,18,19,20). The number of aromatic nitrogens is 2. The molecule has 0 bridgehead atoms. The summed E-state index contributed by atoms with van der Waals surface area (Å²) in [5.74, 6) is 0.392. The van der Waals surface area contributed by atoms with Crippen molar-refractivity contribution >= 4 is 16.7 Å². The van der Waals surface area contributed by atoms with Gasteiger partial charge in [0.25, 0.3) is 0 Å². The number of rotatable bonds is 4. The number of hydrogen-bond donors (Lipinski definition) is 1. The summed E-state index contributed by atoms with van der Waals surface area (Å²) in [4.78, 5) is 8.32. The molecular weight excluding hydrogens is 253 g/mol. The Hall–Kier alpha value is -2.49. The maximum atomic E-state index is 13.3. The van der Waals surface area contributed by atoms with Gasteiger partial charge in [0.05, 0.1) is 5.52 Å². The Morgan fingerprint density at radius 2 is 1.85 bits per heavy atom. The van der Waals surface area contributed by atoms with Crippen LogP contribution in [0.2, 0.25) is 0 Å². The Morgan fingerprint density at radius 3 is 2.70 bits per heavy atom. The fraction of sp³-hybridized carbons (Fsp3) is 0.125. The number of benzene rings is 2. The van der Waals surface area contributed by atoms with E-state index < -0.39 is 0 Å². The van der Waals surface area contributed by atoms with Crippen molar-refractivity contribution in [1.82, 2.24) is 9.97 Å². The van der Waals surface area contributed by atoms with Crippen molar-refractivity contribution in [3.8, 4) is 0 Å². The molecule has 0 radical (unpaired) electrons. The Morgan fingerprint density at radius 1 is 1.00 bits per heavy atom. The molecule has 100 valence electrons. The molecule has 0 aliphatic heterocycles. The smallest absolute Gasteiger partial charge is 0.137 e. The number of halogens is 1. The quantitative estimate of drug-likeness (QED) is 0.787. The fourth-order valence-corrected chi connectivity index (χ4v) is 2.14. The number of anilines is 1. The molecule has 2 aromatic carbocycles. The molecule has 0 amide bonds. The van der Waals surface area contributed by atoms with E-state index >= 15 is 0 Å². The van der Waals surface area contributed by atoms with Crippen molar-refractivity contribution in [2.45, 2.75) is 6.42 Å². The predicted molar refractivity (Wildman–Crippen MR) is 78.1 cm³/mol. The number of fused-ring (bicyclic) bond motifs is 1. The van der Waals surface area contributed by atoms with Gasteiger partial charge < -0.3 is 5.32 Å². The van der Waals surface area contributed by atoms with Gasteiger partial charge in [0.1, 0.15) is 18.0 Å². The lowest BCUT2D eigenvalue weighted by molar-refractivity contribution is 0.629. The molecule has 0 aliphatic rings. The van der Waals surface area contributed by atoms with E-state index in [-0.39, 0.29) is 5.82 Å². The molecule has 0 spiro atoms. The maximum absolute atomic E-state index is 13.3. The molecule has 0 atom stereocenters. The summed E-state index contributed by atoms with van der Waals surface area (Å²) in [6, 6.07) is 14.7. The van der Waals surface area contributed by atoms with Crippen LogP contribution in [-0.4, -0.2) is 16.5 Å². The lowest BCUT2D eigenvalue weighted by Gasteiger charge is -2.08. The molecule has 3 rings (SSSR count). The van der Waals surface area contributed by atoms with E-state index in [4.69, 9.17) is 0 Å². The molecular formula is C16H14FN3. The van der Waals surface area contributed by atoms with Gasteiger partial charge in [0.2, 0.25) is 0 Å². The molecule has 0 unspecified atom stereocenters. The van der Waals surface area contributed by atoms with Gasteiger partial charge >= 0.3 is 0 Å². The first-order chi connectivity index (χ1) is 9.83. The fourth-order valence-electron chi connectivity index (χ4n) is 2.14. The zero-order valence-electron chi connectivity index (χ0n) is 10.9. The normalized spacial score (nSPS) is 10.7. The van der Waals surface area contributed by atoms with Gasteiger partial charge in [-0.05, 0) is 30.2 Å². The highest BCUT2D eigenvalue weighted by Gasteiger charge is 2.04. The van der Waals surface area contributed by atoms with Crippen LogP contribution in [0, 0.1) is 5.82 Å². The average molecular weight is 267 g/mol. The second-order valence-electron chi connectivity index (χ2n) is 4.55. The Bertz CT molecular complexity index is 713. The van der Waals surface area contributed by atoms with E-state index in [1.54, 1.807) is 6.07 Å². The van der Waals surface area contributed by atoms with Crippen LogP contribution in [0.25, 0.3) is 10.9 Å². The van der Waals surface area contributed by atoms with Gasteiger partial charge in [-0.3, -0.25) is 0 Å². The molecule has 0 aliphatic carbocycles. The largest absolute Gasteiger partial charge is 0.369 e. The Balaban J connectivity index is 1.76. The average Bonchev–Trinajstić information content (AvgIpc) is 2.49. The first kappa shape index (κ1) is 12.5. The van der Waals surface area contributed by atoms with Gasteiger partial charge in [0.15, 0.2) is 0 Å². The molecule has 4 heteroatoms. The second-order valence-corrected chi connectivity index (χ2v) is 4.55. The van der Waals surface area contributed by atoms with Crippen LogP contribution in [-0.2, 0) is 6.42 Å². The minimum atomic E-state index is -0.279. The van der Waals surface area contributed by atoms with Crippen LogP contribution in [0.1, 0.15) is 5.56 Å². The van der Waals surface area contributed by atoms with Crippen LogP contribution in [0.5, 0.6) is 0 Å². The third-order valence-electron chi connectivity index (χ3n) is 3.15.